The number of hydrogen-bond donors (Lipinski definition) is 1. The van der Waals surface area contributed by atoms with Gasteiger partial charge >= 0.3 is 0 Å². The lowest BCUT2D eigenvalue weighted by atomic mass is 9.91. The molecular weight excluding hydrogens is 210 g/mol. The van der Waals surface area contributed by atoms with E-state index in [-0.39, 0.29) is 0 Å². The van der Waals surface area contributed by atoms with Crippen LogP contribution in [0.5, 0.6) is 0 Å². The molecule has 0 bridgehead atoms. The molecule has 1 heterocycles. The Morgan fingerprint density at radius 2 is 2.06 bits per heavy atom. The Morgan fingerprint density at radius 1 is 1.29 bits per heavy atom. The molecule has 0 aromatic heterocycles. The maximum atomic E-state index is 9.34. The molecule has 94 valence electrons. The molecule has 0 saturated carbocycles. The summed E-state index contributed by atoms with van der Waals surface area (Å²) in [5.41, 5.74) is 1.38. The zero-order chi connectivity index (χ0) is 12.1. The molecule has 0 spiro atoms. The van der Waals surface area contributed by atoms with Gasteiger partial charge in [0.25, 0.3) is 0 Å². The Balaban J connectivity index is 2.01. The number of piperidine rings is 1. The molecule has 2 heteroatoms. The summed E-state index contributed by atoms with van der Waals surface area (Å²) in [6.07, 6.45) is 3.83. The SMILES string of the molecule is CC(CO)C1CCCCN1Cc1ccccc1. The van der Waals surface area contributed by atoms with Gasteiger partial charge in [-0.3, -0.25) is 4.90 Å². The van der Waals surface area contributed by atoms with Crippen molar-refractivity contribution in [1.29, 1.82) is 0 Å². The van der Waals surface area contributed by atoms with E-state index in [1.807, 2.05) is 0 Å². The summed E-state index contributed by atoms with van der Waals surface area (Å²) in [4.78, 5) is 2.54. The quantitative estimate of drug-likeness (QED) is 0.864. The minimum atomic E-state index is 0.302. The van der Waals surface area contributed by atoms with Crippen molar-refractivity contribution in [2.24, 2.45) is 5.92 Å². The number of aliphatic hydroxyl groups is 1. The van der Waals surface area contributed by atoms with E-state index in [1.54, 1.807) is 0 Å². The Kier molecular flexibility index (Phi) is 4.57. The number of benzene rings is 1. The maximum absolute atomic E-state index is 9.34. The second kappa shape index (κ2) is 6.18. The average Bonchev–Trinajstić information content (AvgIpc) is 2.40. The fourth-order valence-corrected chi connectivity index (χ4v) is 2.80. The number of aliphatic hydroxyl groups excluding tert-OH is 1. The fraction of sp³-hybridized carbons (Fsp3) is 0.600. The monoisotopic (exact) mass is 233 g/mol. The van der Waals surface area contributed by atoms with Crippen molar-refractivity contribution in [3.8, 4) is 0 Å². The highest BCUT2D eigenvalue weighted by molar-refractivity contribution is 5.14. The van der Waals surface area contributed by atoms with Crippen LogP contribution in [0.15, 0.2) is 30.3 Å². The van der Waals surface area contributed by atoms with Crippen molar-refractivity contribution in [3.05, 3.63) is 35.9 Å². The van der Waals surface area contributed by atoms with Gasteiger partial charge in [-0.05, 0) is 30.9 Å². The normalized spacial score (nSPS) is 23.5. The van der Waals surface area contributed by atoms with E-state index in [9.17, 15) is 5.11 Å². The van der Waals surface area contributed by atoms with Crippen LogP contribution in [0.4, 0.5) is 0 Å². The first-order chi connectivity index (χ1) is 8.31. The van der Waals surface area contributed by atoms with Crippen molar-refractivity contribution < 1.29 is 5.11 Å². The third-order valence-corrected chi connectivity index (χ3v) is 3.84. The second-order valence-corrected chi connectivity index (χ2v) is 5.18. The molecule has 17 heavy (non-hydrogen) atoms. The van der Waals surface area contributed by atoms with Gasteiger partial charge in [0.05, 0.1) is 0 Å². The molecule has 1 aliphatic rings. The van der Waals surface area contributed by atoms with Crippen LogP contribution in [0, 0.1) is 5.92 Å². The highest BCUT2D eigenvalue weighted by Gasteiger charge is 2.26. The second-order valence-electron chi connectivity index (χ2n) is 5.18. The smallest absolute Gasteiger partial charge is 0.0471 e. The molecule has 1 N–H and O–H groups in total. The van der Waals surface area contributed by atoms with Crippen LogP contribution in [0.3, 0.4) is 0 Å². The fourth-order valence-electron chi connectivity index (χ4n) is 2.80. The first-order valence-corrected chi connectivity index (χ1v) is 6.70. The summed E-state index contributed by atoms with van der Waals surface area (Å²) >= 11 is 0. The van der Waals surface area contributed by atoms with Gasteiger partial charge in [-0.15, -0.1) is 0 Å². The Hall–Kier alpha value is -0.860. The Bertz CT molecular complexity index is 325. The lowest BCUT2D eigenvalue weighted by Gasteiger charge is -2.38. The molecule has 1 saturated heterocycles. The third kappa shape index (κ3) is 3.30. The standard InChI is InChI=1S/C15H23NO/c1-13(12-17)15-9-5-6-10-16(15)11-14-7-3-2-4-8-14/h2-4,7-8,13,15,17H,5-6,9-12H2,1H3. The lowest BCUT2D eigenvalue weighted by Crippen LogP contribution is -2.43. The van der Waals surface area contributed by atoms with Crippen LogP contribution in [0.1, 0.15) is 31.7 Å². The number of likely N-dealkylation sites (tertiary alicyclic amines) is 1. The summed E-state index contributed by atoms with van der Waals surface area (Å²) in [5.74, 6) is 0.388. The number of hydrogen-bond acceptors (Lipinski definition) is 2. The predicted molar refractivity (Wildman–Crippen MR) is 70.7 cm³/mol. The molecule has 0 radical (unpaired) electrons. The maximum Gasteiger partial charge on any atom is 0.0471 e. The number of nitrogens with zero attached hydrogens (tertiary/aromatic N) is 1. The third-order valence-electron chi connectivity index (χ3n) is 3.84. The zero-order valence-electron chi connectivity index (χ0n) is 10.7. The number of rotatable bonds is 4. The van der Waals surface area contributed by atoms with Crippen molar-refractivity contribution >= 4 is 0 Å². The summed E-state index contributed by atoms with van der Waals surface area (Å²) in [6.45, 7) is 4.66. The molecule has 1 aromatic carbocycles. The molecule has 2 rings (SSSR count). The van der Waals surface area contributed by atoms with Crippen LogP contribution in [-0.2, 0) is 6.54 Å². The van der Waals surface area contributed by atoms with Crippen molar-refractivity contribution in [3.63, 3.8) is 0 Å². The Morgan fingerprint density at radius 3 is 2.76 bits per heavy atom. The molecular formula is C15H23NO. The topological polar surface area (TPSA) is 23.5 Å². The van der Waals surface area contributed by atoms with Gasteiger partial charge in [0.2, 0.25) is 0 Å². The van der Waals surface area contributed by atoms with Gasteiger partial charge in [0.15, 0.2) is 0 Å². The molecule has 0 amide bonds. The minimum absolute atomic E-state index is 0.302. The van der Waals surface area contributed by atoms with E-state index in [2.05, 4.69) is 42.2 Å². The lowest BCUT2D eigenvalue weighted by molar-refractivity contribution is 0.0693. The van der Waals surface area contributed by atoms with E-state index < -0.39 is 0 Å². The first-order valence-electron chi connectivity index (χ1n) is 6.70. The summed E-state index contributed by atoms with van der Waals surface area (Å²) < 4.78 is 0. The molecule has 1 aliphatic heterocycles. The van der Waals surface area contributed by atoms with Gasteiger partial charge in [-0.2, -0.15) is 0 Å². The zero-order valence-corrected chi connectivity index (χ0v) is 10.7. The van der Waals surface area contributed by atoms with E-state index >= 15 is 0 Å². The van der Waals surface area contributed by atoms with Gasteiger partial charge in [-0.25, -0.2) is 0 Å². The summed E-state index contributed by atoms with van der Waals surface area (Å²) in [5, 5.41) is 9.34. The van der Waals surface area contributed by atoms with E-state index in [0.29, 0.717) is 18.6 Å². The minimum Gasteiger partial charge on any atom is -0.396 e. The highest BCUT2D eigenvalue weighted by atomic mass is 16.3. The molecule has 2 unspecified atom stereocenters. The van der Waals surface area contributed by atoms with Crippen LogP contribution in [-0.4, -0.2) is 29.2 Å². The van der Waals surface area contributed by atoms with Crippen LogP contribution in [0.2, 0.25) is 0 Å². The highest BCUT2D eigenvalue weighted by Crippen LogP contribution is 2.24. The predicted octanol–water partition coefficient (Wildman–Crippen LogP) is 2.67. The largest absolute Gasteiger partial charge is 0.396 e. The van der Waals surface area contributed by atoms with Crippen LogP contribution >= 0.6 is 0 Å². The van der Waals surface area contributed by atoms with E-state index in [0.717, 1.165) is 6.54 Å². The molecule has 0 aliphatic carbocycles. The molecule has 2 nitrogen and oxygen atoms in total. The first kappa shape index (κ1) is 12.6. The van der Waals surface area contributed by atoms with E-state index in [1.165, 1.54) is 31.4 Å². The van der Waals surface area contributed by atoms with Crippen molar-refractivity contribution in [2.75, 3.05) is 13.2 Å². The molecule has 1 aromatic rings. The Labute approximate surface area is 104 Å². The molecule has 1 fully saturated rings. The van der Waals surface area contributed by atoms with Gasteiger partial charge < -0.3 is 5.11 Å². The van der Waals surface area contributed by atoms with Gasteiger partial charge in [0, 0.05) is 19.2 Å². The van der Waals surface area contributed by atoms with Crippen LogP contribution in [0.25, 0.3) is 0 Å². The van der Waals surface area contributed by atoms with E-state index in [4.69, 9.17) is 0 Å². The summed E-state index contributed by atoms with van der Waals surface area (Å²) in [7, 11) is 0. The van der Waals surface area contributed by atoms with Gasteiger partial charge in [-0.1, -0.05) is 43.7 Å². The van der Waals surface area contributed by atoms with Crippen molar-refractivity contribution in [2.45, 2.75) is 38.8 Å². The summed E-state index contributed by atoms with van der Waals surface area (Å²) in [6, 6.07) is 11.2. The van der Waals surface area contributed by atoms with Crippen molar-refractivity contribution in [1.82, 2.24) is 4.90 Å². The van der Waals surface area contributed by atoms with Crippen LogP contribution < -0.4 is 0 Å². The van der Waals surface area contributed by atoms with Gasteiger partial charge in [0.1, 0.15) is 0 Å². The molecule has 2 atom stereocenters. The average molecular weight is 233 g/mol.